The molecule has 2 heterocycles. The maximum atomic E-state index is 13.6. The fraction of sp³-hybridized carbons (Fsp3) is 0.714. The van der Waals surface area contributed by atoms with Crippen molar-refractivity contribution < 1.29 is 9.30 Å². The Hall–Kier alpha value is -0.870. The summed E-state index contributed by atoms with van der Waals surface area (Å²) in [7, 11) is -0.865. The van der Waals surface area contributed by atoms with Crippen LogP contribution in [0.4, 0.5) is 0 Å². The van der Waals surface area contributed by atoms with Gasteiger partial charge in [-0.1, -0.05) is 6.07 Å². The Morgan fingerprint density at radius 1 is 1.07 bits per heavy atom. The summed E-state index contributed by atoms with van der Waals surface area (Å²) in [6.07, 6.45) is 2.23. The molecule has 0 radical (unpaired) electrons. The van der Waals surface area contributed by atoms with Crippen LogP contribution in [0.3, 0.4) is 0 Å². The Labute approximate surface area is 165 Å². The third-order valence-electron chi connectivity index (χ3n) is 6.45. The molecule has 1 aromatic rings. The minimum Gasteiger partial charge on any atom is -0.496 e. The second kappa shape index (κ2) is 8.65. The monoisotopic (exact) mass is 393 g/mol. The summed E-state index contributed by atoms with van der Waals surface area (Å²) < 4.78 is 21.3. The second-order valence-corrected chi connectivity index (χ2v) is 11.2. The zero-order valence-corrected chi connectivity index (χ0v) is 18.5. The van der Waals surface area contributed by atoms with Crippen LogP contribution in [0.1, 0.15) is 32.3 Å². The quantitative estimate of drug-likeness (QED) is 0.719. The first kappa shape index (κ1) is 20.9. The lowest BCUT2D eigenvalue weighted by molar-refractivity contribution is 0.0592. The normalized spacial score (nSPS) is 23.5. The van der Waals surface area contributed by atoms with Crippen molar-refractivity contribution in [3.63, 3.8) is 0 Å². The summed E-state index contributed by atoms with van der Waals surface area (Å²) in [5.41, 5.74) is 1.08. The zero-order chi connectivity index (χ0) is 19.6. The topological polar surface area (TPSA) is 36.0 Å². The zero-order valence-electron chi connectivity index (χ0n) is 17.6. The number of benzene rings is 1. The van der Waals surface area contributed by atoms with E-state index in [0.717, 1.165) is 42.5 Å². The molecule has 0 aromatic heterocycles. The summed E-state index contributed by atoms with van der Waals surface area (Å²) in [6.45, 7) is 15.0. The number of hydrogen-bond donors (Lipinski definition) is 0. The van der Waals surface area contributed by atoms with Gasteiger partial charge in [0.15, 0.2) is 7.29 Å². The number of hydrogen-bond acceptors (Lipinski definition) is 4. The lowest BCUT2D eigenvalue weighted by atomic mass is 10.0. The molecule has 0 spiro atoms. The van der Waals surface area contributed by atoms with Crippen LogP contribution < -0.4 is 10.0 Å². The Morgan fingerprint density at radius 3 is 2.26 bits per heavy atom. The highest BCUT2D eigenvalue weighted by atomic mass is 31.2. The largest absolute Gasteiger partial charge is 0.496 e. The fourth-order valence-electron chi connectivity index (χ4n) is 4.45. The average Bonchev–Trinajstić information content (AvgIpc) is 2.68. The summed E-state index contributed by atoms with van der Waals surface area (Å²) in [4.78, 5) is 5.22. The van der Waals surface area contributed by atoms with Gasteiger partial charge in [0, 0.05) is 63.3 Å². The first-order chi connectivity index (χ1) is 12.8. The molecule has 3 rings (SSSR count). The van der Waals surface area contributed by atoms with Gasteiger partial charge in [0.1, 0.15) is 5.75 Å². The van der Waals surface area contributed by atoms with Crippen LogP contribution >= 0.6 is 7.29 Å². The van der Waals surface area contributed by atoms with Gasteiger partial charge in [-0.05, 0) is 51.3 Å². The van der Waals surface area contributed by atoms with Crippen LogP contribution in [0, 0.1) is 6.92 Å². The maximum absolute atomic E-state index is 13.6. The van der Waals surface area contributed by atoms with Gasteiger partial charge in [-0.25, -0.2) is 4.67 Å². The first-order valence-electron chi connectivity index (χ1n) is 10.3. The molecule has 152 valence electrons. The standard InChI is InChI=1S/C21H36N3O2P/c1-17(2)22-12-14-23(15-13-22)19-8-10-24(11-9-19)27(5,25)20-7-6-18(3)21(16-20)26-4/h6-7,16-17,19H,8-15H2,1-5H3. The highest BCUT2D eigenvalue weighted by Gasteiger charge is 2.34. The van der Waals surface area contributed by atoms with E-state index in [1.54, 1.807) is 7.11 Å². The molecule has 5 nitrogen and oxygen atoms in total. The highest BCUT2D eigenvalue weighted by Crippen LogP contribution is 2.47. The number of ether oxygens (including phenoxy) is 1. The number of methoxy groups -OCH3 is 1. The molecule has 0 bridgehead atoms. The minimum absolute atomic E-state index is 0.642. The molecule has 2 aliphatic heterocycles. The number of piperazine rings is 1. The Kier molecular flexibility index (Phi) is 6.68. The number of aryl methyl sites for hydroxylation is 1. The molecule has 1 unspecified atom stereocenters. The van der Waals surface area contributed by atoms with E-state index in [9.17, 15) is 4.57 Å². The van der Waals surface area contributed by atoms with Gasteiger partial charge in [-0.2, -0.15) is 0 Å². The van der Waals surface area contributed by atoms with Gasteiger partial charge in [0.25, 0.3) is 0 Å². The minimum atomic E-state index is -2.54. The van der Waals surface area contributed by atoms with Gasteiger partial charge in [-0.15, -0.1) is 0 Å². The molecule has 0 N–H and O–H groups in total. The number of piperidine rings is 1. The smallest absolute Gasteiger partial charge is 0.175 e. The lowest BCUT2D eigenvalue weighted by Gasteiger charge is -2.44. The van der Waals surface area contributed by atoms with Gasteiger partial charge in [0.2, 0.25) is 0 Å². The molecule has 0 amide bonds. The predicted molar refractivity (Wildman–Crippen MR) is 114 cm³/mol. The lowest BCUT2D eigenvalue weighted by Crippen LogP contribution is -2.54. The maximum Gasteiger partial charge on any atom is 0.175 e. The van der Waals surface area contributed by atoms with Gasteiger partial charge < -0.3 is 9.30 Å². The highest BCUT2D eigenvalue weighted by molar-refractivity contribution is 7.68. The van der Waals surface area contributed by atoms with Crippen molar-refractivity contribution in [1.82, 2.24) is 14.5 Å². The van der Waals surface area contributed by atoms with Crippen molar-refractivity contribution in [2.75, 3.05) is 53.0 Å². The van der Waals surface area contributed by atoms with E-state index in [-0.39, 0.29) is 0 Å². The van der Waals surface area contributed by atoms with Crippen molar-refractivity contribution in [2.45, 2.75) is 45.7 Å². The van der Waals surface area contributed by atoms with E-state index in [4.69, 9.17) is 4.74 Å². The van der Waals surface area contributed by atoms with E-state index in [0.29, 0.717) is 12.1 Å². The van der Waals surface area contributed by atoms with Gasteiger partial charge in [-0.3, -0.25) is 9.80 Å². The fourth-order valence-corrected chi connectivity index (χ4v) is 6.48. The molecule has 2 fully saturated rings. The summed E-state index contributed by atoms with van der Waals surface area (Å²) in [5, 5.41) is 0.911. The van der Waals surface area contributed by atoms with E-state index in [1.165, 1.54) is 26.2 Å². The van der Waals surface area contributed by atoms with E-state index in [2.05, 4.69) is 28.3 Å². The van der Waals surface area contributed by atoms with Crippen LogP contribution in [0.5, 0.6) is 5.75 Å². The van der Waals surface area contributed by atoms with Crippen LogP contribution in [-0.4, -0.2) is 79.6 Å². The van der Waals surface area contributed by atoms with Crippen molar-refractivity contribution in [1.29, 1.82) is 0 Å². The second-order valence-electron chi connectivity index (χ2n) is 8.38. The molecule has 0 aliphatic carbocycles. The van der Waals surface area contributed by atoms with Crippen LogP contribution in [0.25, 0.3) is 0 Å². The molecule has 2 aliphatic rings. The molecule has 1 atom stereocenters. The molecule has 6 heteroatoms. The molecular formula is C21H36N3O2P. The predicted octanol–water partition coefficient (Wildman–Crippen LogP) is 3.03. The Balaban J connectivity index is 1.59. The van der Waals surface area contributed by atoms with Gasteiger partial charge in [0.05, 0.1) is 7.11 Å². The van der Waals surface area contributed by atoms with Crippen LogP contribution in [-0.2, 0) is 4.57 Å². The van der Waals surface area contributed by atoms with Crippen LogP contribution in [0.15, 0.2) is 18.2 Å². The third-order valence-corrected chi connectivity index (χ3v) is 9.16. The molecule has 2 saturated heterocycles. The Morgan fingerprint density at radius 2 is 1.70 bits per heavy atom. The van der Waals surface area contributed by atoms with Gasteiger partial charge >= 0.3 is 0 Å². The Bertz CT molecular complexity index is 678. The van der Waals surface area contributed by atoms with E-state index < -0.39 is 7.29 Å². The van der Waals surface area contributed by atoms with Crippen molar-refractivity contribution in [3.05, 3.63) is 23.8 Å². The van der Waals surface area contributed by atoms with E-state index in [1.807, 2.05) is 31.8 Å². The summed E-state index contributed by atoms with van der Waals surface area (Å²) >= 11 is 0. The summed E-state index contributed by atoms with van der Waals surface area (Å²) in [5.74, 6) is 0.826. The molecule has 0 saturated carbocycles. The SMILES string of the molecule is COc1cc(P(C)(=O)N2CCC(N3CCN(C(C)C)CC3)CC2)ccc1C. The first-order valence-corrected chi connectivity index (χ1v) is 12.4. The van der Waals surface area contributed by atoms with E-state index >= 15 is 0 Å². The van der Waals surface area contributed by atoms with Crippen molar-refractivity contribution >= 4 is 12.6 Å². The van der Waals surface area contributed by atoms with Crippen LogP contribution in [0.2, 0.25) is 0 Å². The van der Waals surface area contributed by atoms with Crippen molar-refractivity contribution in [3.8, 4) is 5.75 Å². The molecular weight excluding hydrogens is 357 g/mol. The summed E-state index contributed by atoms with van der Waals surface area (Å²) in [6, 6.07) is 7.28. The number of nitrogens with zero attached hydrogens (tertiary/aromatic N) is 3. The van der Waals surface area contributed by atoms with Crippen molar-refractivity contribution in [2.24, 2.45) is 0 Å². The molecule has 1 aromatic carbocycles. The molecule has 27 heavy (non-hydrogen) atoms. The number of rotatable bonds is 5. The average molecular weight is 394 g/mol. The third kappa shape index (κ3) is 4.59.